The van der Waals surface area contributed by atoms with Crippen LogP contribution in [0.3, 0.4) is 0 Å². The SMILES string of the molecule is Oc1nc(N2CCOCC2)sc1Cc1cccc(-c2cc(F)c(O)c(C34CC5CC(CC(C5)C3)C4)c2)c1. The maximum Gasteiger partial charge on any atom is 0.227 e. The first-order valence-corrected chi connectivity index (χ1v) is 14.4. The van der Waals surface area contributed by atoms with Crippen LogP contribution in [0.25, 0.3) is 11.1 Å². The average molecular weight is 521 g/mol. The number of phenols is 1. The zero-order chi connectivity index (χ0) is 25.1. The third kappa shape index (κ3) is 4.20. The summed E-state index contributed by atoms with van der Waals surface area (Å²) in [6.45, 7) is 2.90. The molecule has 3 aromatic rings. The minimum Gasteiger partial charge on any atom is -0.505 e. The van der Waals surface area contributed by atoms with Crippen LogP contribution < -0.4 is 4.90 Å². The Hall–Kier alpha value is -2.64. The standard InChI is InChI=1S/C30H33FN2O3S/c31-25-14-23(13-24(27(25)34)30-15-19-8-20(16-30)10-21(9-19)17-30)22-3-1-2-18(11-22)12-26-28(35)32-29(37-26)33-4-6-36-7-5-33/h1-3,11,13-14,19-21,34-35H,4-10,12,15-17H2. The normalized spacial score (nSPS) is 28.7. The number of benzene rings is 2. The lowest BCUT2D eigenvalue weighted by Crippen LogP contribution is -2.48. The second-order valence-electron chi connectivity index (χ2n) is 11.8. The molecule has 0 atom stereocenters. The lowest BCUT2D eigenvalue weighted by Gasteiger charge is -2.57. The van der Waals surface area contributed by atoms with Gasteiger partial charge in [-0.3, -0.25) is 0 Å². The molecular formula is C30H33FN2O3S. The van der Waals surface area contributed by atoms with Crippen LogP contribution in [0.5, 0.6) is 11.6 Å². The fourth-order valence-electron chi connectivity index (χ4n) is 7.99. The van der Waals surface area contributed by atoms with Crippen molar-refractivity contribution >= 4 is 16.5 Å². The number of ether oxygens (including phenoxy) is 1. The van der Waals surface area contributed by atoms with E-state index < -0.39 is 5.82 Å². The molecule has 5 fully saturated rings. The lowest BCUT2D eigenvalue weighted by molar-refractivity contribution is -0.00632. The molecular weight excluding hydrogens is 487 g/mol. The van der Waals surface area contributed by atoms with Crippen LogP contribution in [0, 0.1) is 23.6 Å². The summed E-state index contributed by atoms with van der Waals surface area (Å²) in [6.07, 6.45) is 7.71. The predicted octanol–water partition coefficient (Wildman–Crippen LogP) is 6.26. The number of anilines is 1. The van der Waals surface area contributed by atoms with Gasteiger partial charge in [-0.25, -0.2) is 4.39 Å². The van der Waals surface area contributed by atoms with E-state index in [9.17, 15) is 10.2 Å². The monoisotopic (exact) mass is 520 g/mol. The highest BCUT2D eigenvalue weighted by atomic mass is 32.1. The number of thiazole rings is 1. The molecule has 0 unspecified atom stereocenters. The van der Waals surface area contributed by atoms with Gasteiger partial charge in [0.2, 0.25) is 5.88 Å². The molecule has 2 heterocycles. The van der Waals surface area contributed by atoms with E-state index in [0.717, 1.165) is 82.4 Å². The summed E-state index contributed by atoms with van der Waals surface area (Å²) in [5.74, 6) is 1.56. The van der Waals surface area contributed by atoms with E-state index in [4.69, 9.17) is 4.74 Å². The Morgan fingerprint density at radius 1 is 0.973 bits per heavy atom. The molecule has 2 aromatic carbocycles. The fraction of sp³-hybridized carbons (Fsp3) is 0.500. The molecule has 5 aliphatic rings. The van der Waals surface area contributed by atoms with Gasteiger partial charge < -0.3 is 19.8 Å². The summed E-state index contributed by atoms with van der Waals surface area (Å²) in [5, 5.41) is 22.3. The van der Waals surface area contributed by atoms with Crippen molar-refractivity contribution < 1.29 is 19.3 Å². The van der Waals surface area contributed by atoms with Gasteiger partial charge in [0.15, 0.2) is 16.7 Å². The Morgan fingerprint density at radius 2 is 1.68 bits per heavy atom. The average Bonchev–Trinajstić information content (AvgIpc) is 3.25. The van der Waals surface area contributed by atoms with Crippen LogP contribution in [0.15, 0.2) is 36.4 Å². The first-order chi connectivity index (χ1) is 18.0. The Balaban J connectivity index is 1.19. The molecule has 8 rings (SSSR count). The number of nitrogens with zero attached hydrogens (tertiary/aromatic N) is 2. The summed E-state index contributed by atoms with van der Waals surface area (Å²) in [4.78, 5) is 7.38. The largest absolute Gasteiger partial charge is 0.505 e. The second-order valence-corrected chi connectivity index (χ2v) is 12.8. The number of halogens is 1. The van der Waals surface area contributed by atoms with Crippen molar-refractivity contribution in [2.75, 3.05) is 31.2 Å². The molecule has 2 N–H and O–H groups in total. The predicted molar refractivity (Wildman–Crippen MR) is 143 cm³/mol. The van der Waals surface area contributed by atoms with Gasteiger partial charge in [0.25, 0.3) is 0 Å². The number of rotatable bonds is 5. The molecule has 7 heteroatoms. The van der Waals surface area contributed by atoms with Crippen molar-refractivity contribution in [1.82, 2.24) is 4.98 Å². The van der Waals surface area contributed by atoms with Gasteiger partial charge in [-0.1, -0.05) is 35.6 Å². The van der Waals surface area contributed by atoms with Crippen LogP contribution >= 0.6 is 11.3 Å². The molecule has 194 valence electrons. The van der Waals surface area contributed by atoms with Crippen molar-refractivity contribution in [2.24, 2.45) is 17.8 Å². The van der Waals surface area contributed by atoms with E-state index in [1.54, 1.807) is 0 Å². The van der Waals surface area contributed by atoms with Gasteiger partial charge in [0.1, 0.15) is 0 Å². The molecule has 4 bridgehead atoms. The van der Waals surface area contributed by atoms with Crippen molar-refractivity contribution in [3.05, 3.63) is 58.2 Å². The highest BCUT2D eigenvalue weighted by Gasteiger charge is 2.52. The number of morpholine rings is 1. The van der Waals surface area contributed by atoms with E-state index in [0.29, 0.717) is 19.6 Å². The third-order valence-electron chi connectivity index (χ3n) is 9.25. The van der Waals surface area contributed by atoms with Crippen LogP contribution in [-0.2, 0) is 16.6 Å². The summed E-state index contributed by atoms with van der Waals surface area (Å²) < 4.78 is 20.6. The van der Waals surface area contributed by atoms with Gasteiger partial charge >= 0.3 is 0 Å². The third-order valence-corrected chi connectivity index (χ3v) is 10.4. The maximum absolute atomic E-state index is 15.2. The molecule has 0 amide bonds. The lowest BCUT2D eigenvalue weighted by atomic mass is 9.48. The number of aromatic hydroxyl groups is 2. The summed E-state index contributed by atoms with van der Waals surface area (Å²) in [6, 6.07) is 11.6. The smallest absolute Gasteiger partial charge is 0.227 e. The van der Waals surface area contributed by atoms with E-state index >= 15 is 4.39 Å². The molecule has 5 nitrogen and oxygen atoms in total. The second kappa shape index (κ2) is 8.98. The van der Waals surface area contributed by atoms with Crippen LogP contribution in [0.2, 0.25) is 0 Å². The van der Waals surface area contributed by atoms with Gasteiger partial charge in [-0.05, 0) is 90.5 Å². The van der Waals surface area contributed by atoms with Crippen LogP contribution in [0.1, 0.15) is 54.5 Å². The van der Waals surface area contributed by atoms with Crippen LogP contribution in [0.4, 0.5) is 9.52 Å². The van der Waals surface area contributed by atoms with Crippen molar-refractivity contribution in [1.29, 1.82) is 0 Å². The summed E-state index contributed by atoms with van der Waals surface area (Å²) in [5.41, 5.74) is 3.51. The maximum atomic E-state index is 15.2. The van der Waals surface area contributed by atoms with E-state index in [2.05, 4.69) is 22.0 Å². The Labute approximate surface area is 220 Å². The zero-order valence-electron chi connectivity index (χ0n) is 21.0. The van der Waals surface area contributed by atoms with E-state index in [1.807, 2.05) is 18.2 Å². The molecule has 1 saturated heterocycles. The Bertz CT molecular complexity index is 1300. The number of hydrogen-bond donors (Lipinski definition) is 2. The van der Waals surface area contributed by atoms with Crippen molar-refractivity contribution in [3.63, 3.8) is 0 Å². The minimum absolute atomic E-state index is 0.0803. The Morgan fingerprint density at radius 3 is 2.38 bits per heavy atom. The van der Waals surface area contributed by atoms with Gasteiger partial charge in [0.05, 0.1) is 18.1 Å². The first-order valence-electron chi connectivity index (χ1n) is 13.6. The van der Waals surface area contributed by atoms with Crippen LogP contribution in [-0.4, -0.2) is 41.5 Å². The van der Waals surface area contributed by atoms with Gasteiger partial charge in [-0.2, -0.15) is 4.98 Å². The number of hydrogen-bond acceptors (Lipinski definition) is 6. The molecule has 0 radical (unpaired) electrons. The highest BCUT2D eigenvalue weighted by Crippen LogP contribution is 2.62. The number of phenolic OH excluding ortho intramolecular Hbond substituents is 1. The zero-order valence-corrected chi connectivity index (χ0v) is 21.8. The number of aromatic nitrogens is 1. The molecule has 37 heavy (non-hydrogen) atoms. The summed E-state index contributed by atoms with van der Waals surface area (Å²) in [7, 11) is 0. The van der Waals surface area contributed by atoms with Gasteiger partial charge in [-0.15, -0.1) is 0 Å². The van der Waals surface area contributed by atoms with E-state index in [-0.39, 0.29) is 17.0 Å². The quantitative estimate of drug-likeness (QED) is 0.416. The fourth-order valence-corrected chi connectivity index (χ4v) is 9.03. The topological polar surface area (TPSA) is 65.8 Å². The molecule has 0 spiro atoms. The summed E-state index contributed by atoms with van der Waals surface area (Å²) >= 11 is 1.52. The highest BCUT2D eigenvalue weighted by molar-refractivity contribution is 7.15. The van der Waals surface area contributed by atoms with Crippen molar-refractivity contribution in [2.45, 2.75) is 50.4 Å². The first kappa shape index (κ1) is 23.5. The minimum atomic E-state index is -0.524. The molecule has 4 saturated carbocycles. The van der Waals surface area contributed by atoms with Crippen molar-refractivity contribution in [3.8, 4) is 22.8 Å². The molecule has 1 aliphatic heterocycles. The van der Waals surface area contributed by atoms with Gasteiger partial charge in [0, 0.05) is 25.1 Å². The molecule has 1 aromatic heterocycles. The Kier molecular flexibility index (Phi) is 5.70. The van der Waals surface area contributed by atoms with E-state index in [1.165, 1.54) is 36.7 Å². The molecule has 4 aliphatic carbocycles.